The van der Waals surface area contributed by atoms with Crippen LogP contribution in [0.4, 0.5) is 0 Å². The van der Waals surface area contributed by atoms with Crippen LogP contribution in [-0.2, 0) is 14.3 Å². The van der Waals surface area contributed by atoms with E-state index in [4.69, 9.17) is 9.47 Å². The lowest BCUT2D eigenvalue weighted by atomic mass is 9.95. The van der Waals surface area contributed by atoms with Crippen LogP contribution in [0, 0.1) is 6.92 Å². The molecule has 0 saturated carbocycles. The topological polar surface area (TPSA) is 89.0 Å². The third-order valence-corrected chi connectivity index (χ3v) is 5.57. The van der Waals surface area contributed by atoms with Crippen molar-refractivity contribution in [3.05, 3.63) is 65.0 Å². The number of carbonyl (C=O) groups is 2. The summed E-state index contributed by atoms with van der Waals surface area (Å²) in [6.07, 6.45) is 4.86. The molecule has 1 N–H and O–H groups in total. The Morgan fingerprint density at radius 1 is 1.33 bits per heavy atom. The van der Waals surface area contributed by atoms with Crippen LogP contribution < -0.4 is 4.74 Å². The Labute approximate surface area is 174 Å². The Hall–Kier alpha value is -3.19. The molecule has 0 radical (unpaired) electrons. The van der Waals surface area contributed by atoms with Gasteiger partial charge in [-0.2, -0.15) is 0 Å². The molecular weight excluding hydrogens is 384 g/mol. The number of Topliss-reactive ketones (excluding diaryl/α,β-unsaturated/α-hetero) is 1. The molecular formula is C23H24N2O5. The zero-order valence-corrected chi connectivity index (χ0v) is 17.0. The molecule has 1 aromatic heterocycles. The van der Waals surface area contributed by atoms with Gasteiger partial charge in [0, 0.05) is 25.5 Å². The first-order chi connectivity index (χ1) is 14.5. The summed E-state index contributed by atoms with van der Waals surface area (Å²) in [5, 5.41) is 11.2. The Morgan fingerprint density at radius 3 is 2.83 bits per heavy atom. The second kappa shape index (κ2) is 8.28. The molecule has 2 atom stereocenters. The van der Waals surface area contributed by atoms with Gasteiger partial charge in [-0.15, -0.1) is 0 Å². The lowest BCUT2D eigenvalue weighted by molar-refractivity contribution is -0.140. The van der Waals surface area contributed by atoms with Gasteiger partial charge >= 0.3 is 0 Å². The molecule has 1 aromatic carbocycles. The molecule has 2 fully saturated rings. The third kappa shape index (κ3) is 3.57. The van der Waals surface area contributed by atoms with Crippen LogP contribution in [0.2, 0.25) is 0 Å². The summed E-state index contributed by atoms with van der Waals surface area (Å²) in [6, 6.07) is 8.12. The Bertz CT molecular complexity index is 996. The van der Waals surface area contributed by atoms with Crippen LogP contribution in [-0.4, -0.2) is 53.0 Å². The number of aliphatic hydroxyl groups excluding tert-OH is 1. The number of hydrogen-bond acceptors (Lipinski definition) is 6. The lowest BCUT2D eigenvalue weighted by Gasteiger charge is -2.27. The van der Waals surface area contributed by atoms with Gasteiger partial charge < -0.3 is 19.5 Å². The first kappa shape index (κ1) is 20.1. The van der Waals surface area contributed by atoms with Crippen molar-refractivity contribution < 1.29 is 24.2 Å². The van der Waals surface area contributed by atoms with Gasteiger partial charge in [0.1, 0.15) is 11.5 Å². The first-order valence-corrected chi connectivity index (χ1v) is 9.96. The molecule has 2 unspecified atom stereocenters. The van der Waals surface area contributed by atoms with E-state index in [-0.39, 0.29) is 24.0 Å². The molecule has 0 bridgehead atoms. The number of benzene rings is 1. The molecule has 3 heterocycles. The molecule has 7 heteroatoms. The second-order valence-corrected chi connectivity index (χ2v) is 7.58. The van der Waals surface area contributed by atoms with E-state index >= 15 is 0 Å². The summed E-state index contributed by atoms with van der Waals surface area (Å²) in [4.78, 5) is 31.7. The van der Waals surface area contributed by atoms with Gasteiger partial charge in [-0.3, -0.25) is 14.6 Å². The Morgan fingerprint density at radius 2 is 2.17 bits per heavy atom. The molecule has 2 aliphatic rings. The SMILES string of the molecule is COc1ccc(C)cc1/C(O)=C1\C(=O)C(=O)N(CC2CCCO2)C1c1cccnc1. The summed E-state index contributed by atoms with van der Waals surface area (Å²) in [5.41, 5.74) is 1.96. The van der Waals surface area contributed by atoms with Gasteiger partial charge in [-0.25, -0.2) is 0 Å². The highest BCUT2D eigenvalue weighted by molar-refractivity contribution is 6.46. The lowest BCUT2D eigenvalue weighted by Crippen LogP contribution is -2.36. The third-order valence-electron chi connectivity index (χ3n) is 5.57. The van der Waals surface area contributed by atoms with E-state index in [0.29, 0.717) is 23.5 Å². The molecule has 2 aromatic rings. The number of carbonyl (C=O) groups excluding carboxylic acids is 2. The monoisotopic (exact) mass is 408 g/mol. The summed E-state index contributed by atoms with van der Waals surface area (Å²) < 4.78 is 11.1. The van der Waals surface area contributed by atoms with Crippen molar-refractivity contribution >= 4 is 17.4 Å². The van der Waals surface area contributed by atoms with Gasteiger partial charge in [0.25, 0.3) is 11.7 Å². The van der Waals surface area contributed by atoms with Crippen LogP contribution in [0.5, 0.6) is 5.75 Å². The first-order valence-electron chi connectivity index (χ1n) is 9.96. The molecule has 156 valence electrons. The highest BCUT2D eigenvalue weighted by Gasteiger charge is 2.47. The summed E-state index contributed by atoms with van der Waals surface area (Å²) in [7, 11) is 1.50. The van der Waals surface area contributed by atoms with Crippen LogP contribution in [0.1, 0.15) is 35.6 Å². The van der Waals surface area contributed by atoms with Gasteiger partial charge in [-0.1, -0.05) is 17.7 Å². The number of rotatable bonds is 5. The van der Waals surface area contributed by atoms with Crippen LogP contribution in [0.15, 0.2) is 48.3 Å². The number of aliphatic hydroxyl groups is 1. The minimum Gasteiger partial charge on any atom is -0.507 e. The van der Waals surface area contributed by atoms with E-state index in [1.165, 1.54) is 12.0 Å². The van der Waals surface area contributed by atoms with E-state index in [2.05, 4.69) is 4.98 Å². The molecule has 4 rings (SSSR count). The zero-order valence-electron chi connectivity index (χ0n) is 17.0. The average Bonchev–Trinajstić information content (AvgIpc) is 3.36. The number of aromatic nitrogens is 1. The van der Waals surface area contributed by atoms with E-state index < -0.39 is 17.7 Å². The maximum absolute atomic E-state index is 13.1. The quantitative estimate of drug-likeness (QED) is 0.465. The fraction of sp³-hybridized carbons (Fsp3) is 0.348. The molecule has 1 amide bonds. The van der Waals surface area contributed by atoms with Crippen molar-refractivity contribution in [1.82, 2.24) is 9.88 Å². The van der Waals surface area contributed by atoms with E-state index in [1.807, 2.05) is 13.0 Å². The minimum atomic E-state index is -0.742. The maximum Gasteiger partial charge on any atom is 0.295 e. The number of aryl methyl sites for hydroxylation is 1. The predicted molar refractivity (Wildman–Crippen MR) is 110 cm³/mol. The number of amides is 1. The smallest absolute Gasteiger partial charge is 0.295 e. The van der Waals surface area contributed by atoms with E-state index in [9.17, 15) is 14.7 Å². The molecule has 0 spiro atoms. The highest BCUT2D eigenvalue weighted by Crippen LogP contribution is 2.41. The van der Waals surface area contributed by atoms with Crippen molar-refractivity contribution in [2.75, 3.05) is 20.3 Å². The van der Waals surface area contributed by atoms with Gasteiger partial charge in [0.15, 0.2) is 0 Å². The van der Waals surface area contributed by atoms with E-state index in [0.717, 1.165) is 18.4 Å². The van der Waals surface area contributed by atoms with Crippen molar-refractivity contribution in [3.8, 4) is 5.75 Å². The zero-order chi connectivity index (χ0) is 21.3. The summed E-state index contributed by atoms with van der Waals surface area (Å²) in [6.45, 7) is 2.81. The summed E-state index contributed by atoms with van der Waals surface area (Å²) >= 11 is 0. The number of ketones is 1. The van der Waals surface area contributed by atoms with Crippen LogP contribution >= 0.6 is 0 Å². The fourth-order valence-corrected chi connectivity index (χ4v) is 4.11. The van der Waals surface area contributed by atoms with Crippen molar-refractivity contribution in [2.24, 2.45) is 0 Å². The van der Waals surface area contributed by atoms with Crippen molar-refractivity contribution in [2.45, 2.75) is 31.9 Å². The molecule has 2 saturated heterocycles. The molecule has 30 heavy (non-hydrogen) atoms. The average molecular weight is 408 g/mol. The van der Waals surface area contributed by atoms with Gasteiger partial charge in [-0.05, 0) is 43.5 Å². The van der Waals surface area contributed by atoms with Crippen LogP contribution in [0.25, 0.3) is 5.76 Å². The number of likely N-dealkylation sites (tertiary alicyclic amines) is 1. The Balaban J connectivity index is 1.86. The molecule has 7 nitrogen and oxygen atoms in total. The van der Waals surface area contributed by atoms with Gasteiger partial charge in [0.2, 0.25) is 0 Å². The number of methoxy groups -OCH3 is 1. The number of ether oxygens (including phenoxy) is 2. The largest absolute Gasteiger partial charge is 0.507 e. The number of hydrogen-bond donors (Lipinski definition) is 1. The Kier molecular flexibility index (Phi) is 5.55. The van der Waals surface area contributed by atoms with Crippen molar-refractivity contribution in [1.29, 1.82) is 0 Å². The standard InChI is InChI=1S/C23H24N2O5/c1-14-7-8-18(29-2)17(11-14)21(26)19-20(15-5-3-9-24-12-15)25(23(28)22(19)27)13-16-6-4-10-30-16/h3,5,7-9,11-12,16,20,26H,4,6,10,13H2,1-2H3/b21-19+. The van der Waals surface area contributed by atoms with Crippen molar-refractivity contribution in [3.63, 3.8) is 0 Å². The predicted octanol–water partition coefficient (Wildman–Crippen LogP) is 3.00. The highest BCUT2D eigenvalue weighted by atomic mass is 16.5. The summed E-state index contributed by atoms with van der Waals surface area (Å²) in [5.74, 6) is -1.19. The molecule has 2 aliphatic heterocycles. The van der Waals surface area contributed by atoms with Crippen LogP contribution in [0.3, 0.4) is 0 Å². The maximum atomic E-state index is 13.1. The molecule has 0 aliphatic carbocycles. The number of nitrogens with zero attached hydrogens (tertiary/aromatic N) is 2. The van der Waals surface area contributed by atoms with E-state index in [1.54, 1.807) is 36.7 Å². The fourth-order valence-electron chi connectivity index (χ4n) is 4.11. The number of pyridine rings is 1. The normalized spacial score (nSPS) is 23.2. The minimum absolute atomic E-state index is 0.0369. The van der Waals surface area contributed by atoms with Gasteiger partial charge in [0.05, 0.1) is 30.4 Å². The second-order valence-electron chi connectivity index (χ2n) is 7.58.